The summed E-state index contributed by atoms with van der Waals surface area (Å²) in [5.41, 5.74) is 2.25. The predicted octanol–water partition coefficient (Wildman–Crippen LogP) is 2.09. The lowest BCUT2D eigenvalue weighted by molar-refractivity contribution is 0.626. The van der Waals surface area contributed by atoms with Crippen molar-refractivity contribution in [2.75, 3.05) is 6.54 Å². The minimum atomic E-state index is 0.179. The summed E-state index contributed by atoms with van der Waals surface area (Å²) in [6.45, 7) is 7.18. The largest absolute Gasteiger partial charge is 0.306 e. The minimum absolute atomic E-state index is 0.179. The van der Waals surface area contributed by atoms with Crippen molar-refractivity contribution in [1.82, 2.24) is 15.3 Å². The molecule has 0 saturated carbocycles. The lowest BCUT2D eigenvalue weighted by atomic mass is 10.1. The van der Waals surface area contributed by atoms with Gasteiger partial charge < -0.3 is 5.32 Å². The molecule has 3 heteroatoms. The van der Waals surface area contributed by atoms with E-state index >= 15 is 0 Å². The summed E-state index contributed by atoms with van der Waals surface area (Å²) in [4.78, 5) is 8.34. The summed E-state index contributed by atoms with van der Waals surface area (Å²) in [7, 11) is 0. The predicted molar refractivity (Wildman–Crippen MR) is 57.9 cm³/mol. The molecular formula is C11H17N3. The minimum Gasteiger partial charge on any atom is -0.306 e. The second-order valence-corrected chi connectivity index (χ2v) is 3.41. The van der Waals surface area contributed by atoms with Gasteiger partial charge in [-0.3, -0.25) is 9.97 Å². The van der Waals surface area contributed by atoms with E-state index in [2.05, 4.69) is 42.1 Å². The highest BCUT2D eigenvalue weighted by atomic mass is 14.9. The molecule has 3 nitrogen and oxygen atoms in total. The monoisotopic (exact) mass is 191 g/mol. The van der Waals surface area contributed by atoms with Gasteiger partial charge in [0.25, 0.3) is 0 Å². The molecule has 1 rings (SSSR count). The average Bonchev–Trinajstić information content (AvgIpc) is 2.18. The smallest absolute Gasteiger partial charge is 0.0795 e. The van der Waals surface area contributed by atoms with E-state index in [0.29, 0.717) is 0 Å². The Morgan fingerprint density at radius 2 is 2.29 bits per heavy atom. The zero-order chi connectivity index (χ0) is 10.4. The number of nitrogens with one attached hydrogen (secondary N) is 1. The van der Waals surface area contributed by atoms with Gasteiger partial charge in [0, 0.05) is 12.4 Å². The molecule has 0 amide bonds. The van der Waals surface area contributed by atoms with Crippen LogP contribution in [-0.4, -0.2) is 16.5 Å². The summed E-state index contributed by atoms with van der Waals surface area (Å²) in [5.74, 6) is 0. The van der Waals surface area contributed by atoms with E-state index in [0.717, 1.165) is 12.2 Å². The fourth-order valence-electron chi connectivity index (χ4n) is 1.27. The summed E-state index contributed by atoms with van der Waals surface area (Å²) in [6, 6.07) is 0.179. The Labute approximate surface area is 85.3 Å². The molecule has 1 unspecified atom stereocenters. The number of allylic oxidation sites excluding steroid dienone is 1. The van der Waals surface area contributed by atoms with Crippen LogP contribution in [0.25, 0.3) is 0 Å². The Hall–Kier alpha value is -1.22. The van der Waals surface area contributed by atoms with Gasteiger partial charge in [0.05, 0.1) is 17.9 Å². The zero-order valence-corrected chi connectivity index (χ0v) is 8.99. The number of hydrogen-bond acceptors (Lipinski definition) is 3. The molecule has 1 heterocycles. The van der Waals surface area contributed by atoms with Crippen molar-refractivity contribution in [2.45, 2.75) is 26.8 Å². The van der Waals surface area contributed by atoms with Gasteiger partial charge in [-0.2, -0.15) is 0 Å². The lowest BCUT2D eigenvalue weighted by Gasteiger charge is -2.13. The fraction of sp³-hybridized carbons (Fsp3) is 0.455. The normalized spacial score (nSPS) is 12.2. The third-order valence-electron chi connectivity index (χ3n) is 1.83. The van der Waals surface area contributed by atoms with E-state index < -0.39 is 0 Å². The van der Waals surface area contributed by atoms with E-state index in [1.54, 1.807) is 18.6 Å². The van der Waals surface area contributed by atoms with Crippen LogP contribution in [0.3, 0.4) is 0 Å². The summed E-state index contributed by atoms with van der Waals surface area (Å²) >= 11 is 0. The van der Waals surface area contributed by atoms with Crippen LogP contribution in [0.4, 0.5) is 0 Å². The van der Waals surface area contributed by atoms with Gasteiger partial charge in [-0.25, -0.2) is 0 Å². The van der Waals surface area contributed by atoms with Gasteiger partial charge in [0.1, 0.15) is 0 Å². The third kappa shape index (κ3) is 3.26. The van der Waals surface area contributed by atoms with Crippen molar-refractivity contribution < 1.29 is 0 Å². The van der Waals surface area contributed by atoms with E-state index in [1.807, 2.05) is 0 Å². The number of likely N-dealkylation sites (N-methyl/N-ethyl adjacent to an activating group) is 1. The Kier molecular flexibility index (Phi) is 4.26. The molecule has 1 aromatic rings. The Morgan fingerprint density at radius 3 is 2.79 bits per heavy atom. The third-order valence-corrected chi connectivity index (χ3v) is 1.83. The van der Waals surface area contributed by atoms with Crippen LogP contribution in [-0.2, 0) is 0 Å². The van der Waals surface area contributed by atoms with E-state index in [-0.39, 0.29) is 6.04 Å². The molecule has 1 atom stereocenters. The summed E-state index contributed by atoms with van der Waals surface area (Å²) in [5, 5.41) is 3.35. The van der Waals surface area contributed by atoms with E-state index in [9.17, 15) is 0 Å². The summed E-state index contributed by atoms with van der Waals surface area (Å²) in [6.07, 6.45) is 7.37. The zero-order valence-electron chi connectivity index (χ0n) is 8.99. The molecule has 0 aliphatic carbocycles. The molecule has 0 fully saturated rings. The van der Waals surface area contributed by atoms with Gasteiger partial charge in [-0.05, 0) is 20.4 Å². The molecule has 1 N–H and O–H groups in total. The van der Waals surface area contributed by atoms with Gasteiger partial charge in [0.2, 0.25) is 0 Å². The Bertz CT molecular complexity index is 289. The van der Waals surface area contributed by atoms with Crippen LogP contribution in [0.1, 0.15) is 32.5 Å². The highest BCUT2D eigenvalue weighted by Crippen LogP contribution is 2.11. The topological polar surface area (TPSA) is 37.8 Å². The lowest BCUT2D eigenvalue weighted by Crippen LogP contribution is -2.20. The first-order valence-corrected chi connectivity index (χ1v) is 4.88. The van der Waals surface area contributed by atoms with Crippen molar-refractivity contribution in [1.29, 1.82) is 0 Å². The van der Waals surface area contributed by atoms with Crippen LogP contribution >= 0.6 is 0 Å². The molecular weight excluding hydrogens is 174 g/mol. The maximum Gasteiger partial charge on any atom is 0.0795 e. The highest BCUT2D eigenvalue weighted by molar-refractivity contribution is 5.13. The van der Waals surface area contributed by atoms with Gasteiger partial charge >= 0.3 is 0 Å². The van der Waals surface area contributed by atoms with Crippen LogP contribution in [0.2, 0.25) is 0 Å². The molecule has 0 spiro atoms. The molecule has 0 aromatic carbocycles. The van der Waals surface area contributed by atoms with Crippen molar-refractivity contribution in [3.8, 4) is 0 Å². The van der Waals surface area contributed by atoms with Crippen LogP contribution in [0.15, 0.2) is 30.2 Å². The number of hydrogen-bond donors (Lipinski definition) is 1. The first-order valence-electron chi connectivity index (χ1n) is 4.88. The van der Waals surface area contributed by atoms with Crippen molar-refractivity contribution in [3.63, 3.8) is 0 Å². The Balaban J connectivity index is 2.83. The number of aromatic nitrogens is 2. The second-order valence-electron chi connectivity index (χ2n) is 3.41. The molecule has 0 bridgehead atoms. The first kappa shape index (κ1) is 10.9. The van der Waals surface area contributed by atoms with Crippen LogP contribution in [0.5, 0.6) is 0 Å². The standard InChI is InChI=1S/C11H17N3/c1-4-13-10(7-9(2)3)11-8-12-5-6-14-11/h5-8,10,13H,4H2,1-3H3. The van der Waals surface area contributed by atoms with Crippen LogP contribution < -0.4 is 5.32 Å². The quantitative estimate of drug-likeness (QED) is 0.740. The number of rotatable bonds is 4. The number of nitrogens with zero attached hydrogens (tertiary/aromatic N) is 2. The van der Waals surface area contributed by atoms with Crippen molar-refractivity contribution >= 4 is 0 Å². The van der Waals surface area contributed by atoms with Crippen molar-refractivity contribution in [2.24, 2.45) is 0 Å². The maximum absolute atomic E-state index is 4.28. The average molecular weight is 191 g/mol. The molecule has 76 valence electrons. The molecule has 0 saturated heterocycles. The highest BCUT2D eigenvalue weighted by Gasteiger charge is 2.07. The van der Waals surface area contributed by atoms with Crippen LogP contribution in [0, 0.1) is 0 Å². The van der Waals surface area contributed by atoms with Gasteiger partial charge in [-0.15, -0.1) is 0 Å². The molecule has 1 aromatic heterocycles. The molecule has 0 aliphatic heterocycles. The fourth-order valence-corrected chi connectivity index (χ4v) is 1.27. The molecule has 0 aliphatic rings. The SMILES string of the molecule is CCNC(C=C(C)C)c1cnccn1. The second kappa shape index (κ2) is 5.50. The van der Waals surface area contributed by atoms with Gasteiger partial charge in [-0.1, -0.05) is 18.6 Å². The van der Waals surface area contributed by atoms with E-state index in [4.69, 9.17) is 0 Å². The molecule has 0 radical (unpaired) electrons. The van der Waals surface area contributed by atoms with E-state index in [1.165, 1.54) is 5.57 Å². The Morgan fingerprint density at radius 1 is 1.50 bits per heavy atom. The van der Waals surface area contributed by atoms with Gasteiger partial charge in [0.15, 0.2) is 0 Å². The first-order chi connectivity index (χ1) is 6.74. The maximum atomic E-state index is 4.28. The van der Waals surface area contributed by atoms with Crippen molar-refractivity contribution in [3.05, 3.63) is 35.9 Å². The summed E-state index contributed by atoms with van der Waals surface area (Å²) < 4.78 is 0. The molecule has 14 heavy (non-hydrogen) atoms.